The maximum Gasteiger partial charge on any atom is 0.274 e. The fourth-order valence-electron chi connectivity index (χ4n) is 1.28. The third kappa shape index (κ3) is 1.45. The Morgan fingerprint density at radius 2 is 2.25 bits per heavy atom. The van der Waals surface area contributed by atoms with Gasteiger partial charge in [0.25, 0.3) is 5.70 Å². The van der Waals surface area contributed by atoms with Crippen molar-refractivity contribution < 1.29 is 10.1 Å². The molecule has 0 aromatic heterocycles. The molecule has 1 heterocycles. The van der Waals surface area contributed by atoms with Gasteiger partial charge in [0, 0.05) is 17.3 Å². The van der Waals surface area contributed by atoms with Crippen LogP contribution in [0.4, 0.5) is 0 Å². The molecular formula is C7H10N2O3. The van der Waals surface area contributed by atoms with E-state index >= 15 is 0 Å². The molecule has 1 aliphatic rings. The first kappa shape index (κ1) is 8.73. The summed E-state index contributed by atoms with van der Waals surface area (Å²) in [6, 6.07) is 0. The minimum atomic E-state index is -0.422. The Bertz CT molecular complexity index is 280. The molecule has 1 N–H and O–H groups in total. The van der Waals surface area contributed by atoms with E-state index in [2.05, 4.69) is 0 Å². The number of allylic oxidation sites excluding steroid dienone is 1. The second-order valence-electron chi connectivity index (χ2n) is 2.80. The molecule has 0 amide bonds. The highest BCUT2D eigenvalue weighted by Gasteiger charge is 2.23. The summed E-state index contributed by atoms with van der Waals surface area (Å²) < 4.78 is 0. The van der Waals surface area contributed by atoms with Crippen molar-refractivity contribution in [2.75, 3.05) is 6.54 Å². The Balaban J connectivity index is 3.05. The Kier molecular flexibility index (Phi) is 2.14. The molecule has 5 heteroatoms. The largest absolute Gasteiger partial charge is 0.289 e. The lowest BCUT2D eigenvalue weighted by molar-refractivity contribution is -0.423. The molecule has 0 fully saturated rings. The van der Waals surface area contributed by atoms with Crippen LogP contribution in [0, 0.1) is 10.1 Å². The number of hydrogen-bond acceptors (Lipinski definition) is 4. The lowest BCUT2D eigenvalue weighted by Crippen LogP contribution is -2.22. The molecule has 0 aromatic carbocycles. The van der Waals surface area contributed by atoms with Crippen molar-refractivity contribution in [1.29, 1.82) is 0 Å². The van der Waals surface area contributed by atoms with Crippen LogP contribution >= 0.6 is 0 Å². The van der Waals surface area contributed by atoms with Gasteiger partial charge < -0.3 is 0 Å². The highest BCUT2D eigenvalue weighted by molar-refractivity contribution is 5.30. The summed E-state index contributed by atoms with van der Waals surface area (Å²) >= 11 is 0. The van der Waals surface area contributed by atoms with Crippen LogP contribution in [-0.4, -0.2) is 21.7 Å². The van der Waals surface area contributed by atoms with E-state index in [0.717, 1.165) is 5.06 Å². The number of nitro groups is 1. The van der Waals surface area contributed by atoms with Crippen LogP contribution < -0.4 is 0 Å². The number of hydrogen-bond donors (Lipinski definition) is 1. The zero-order valence-electron chi connectivity index (χ0n) is 6.94. The minimum Gasteiger partial charge on any atom is -0.289 e. The third-order valence-corrected chi connectivity index (χ3v) is 1.70. The van der Waals surface area contributed by atoms with Crippen LogP contribution in [0.15, 0.2) is 23.0 Å². The van der Waals surface area contributed by atoms with E-state index in [1.807, 2.05) is 0 Å². The predicted molar refractivity (Wildman–Crippen MR) is 41.9 cm³/mol. The van der Waals surface area contributed by atoms with Gasteiger partial charge >= 0.3 is 0 Å². The third-order valence-electron chi connectivity index (χ3n) is 1.70. The van der Waals surface area contributed by atoms with E-state index < -0.39 is 4.92 Å². The average Bonchev–Trinajstić information content (AvgIpc) is 1.82. The maximum absolute atomic E-state index is 10.5. The molecule has 5 nitrogen and oxygen atoms in total. The Morgan fingerprint density at radius 3 is 2.67 bits per heavy atom. The summed E-state index contributed by atoms with van der Waals surface area (Å²) in [5, 5.41) is 20.5. The number of hydroxylamine groups is 2. The molecule has 1 rings (SSSR count). The molecule has 0 spiro atoms. The standard InChI is InChI=1S/C7H10N2O3/c1-5-3-8(10)4-6(2)7(5)9(11)12/h3,10H,4H2,1-2H3. The second-order valence-corrected chi connectivity index (χ2v) is 2.80. The number of nitrogens with zero attached hydrogens (tertiary/aromatic N) is 2. The van der Waals surface area contributed by atoms with E-state index in [1.54, 1.807) is 13.8 Å². The summed E-state index contributed by atoms with van der Waals surface area (Å²) in [5.41, 5.74) is 1.16. The van der Waals surface area contributed by atoms with Gasteiger partial charge in [-0.25, -0.2) is 0 Å². The Labute approximate surface area is 69.7 Å². The lowest BCUT2D eigenvalue weighted by Gasteiger charge is -2.18. The molecule has 0 atom stereocenters. The molecule has 0 aliphatic carbocycles. The summed E-state index contributed by atoms with van der Waals surface area (Å²) in [7, 11) is 0. The van der Waals surface area contributed by atoms with Gasteiger partial charge in [0.1, 0.15) is 0 Å². The smallest absolute Gasteiger partial charge is 0.274 e. The van der Waals surface area contributed by atoms with Crippen molar-refractivity contribution >= 4 is 0 Å². The minimum absolute atomic E-state index is 0.111. The highest BCUT2D eigenvalue weighted by Crippen LogP contribution is 2.20. The SMILES string of the molecule is CC1=CN(O)CC(C)=C1[N+](=O)[O-]. The van der Waals surface area contributed by atoms with Gasteiger partial charge in [0.15, 0.2) is 0 Å². The van der Waals surface area contributed by atoms with Crippen LogP contribution in [0.3, 0.4) is 0 Å². The summed E-state index contributed by atoms with van der Waals surface area (Å²) in [5.74, 6) is 0. The Morgan fingerprint density at radius 1 is 1.67 bits per heavy atom. The van der Waals surface area contributed by atoms with Gasteiger partial charge in [-0.1, -0.05) is 0 Å². The van der Waals surface area contributed by atoms with E-state index in [1.165, 1.54) is 6.20 Å². The molecule has 1 aliphatic heterocycles. The van der Waals surface area contributed by atoms with Gasteiger partial charge in [0.05, 0.1) is 11.5 Å². The van der Waals surface area contributed by atoms with E-state index in [4.69, 9.17) is 5.21 Å². The molecule has 0 unspecified atom stereocenters. The quantitative estimate of drug-likeness (QED) is 0.473. The molecule has 0 radical (unpaired) electrons. The predicted octanol–water partition coefficient (Wildman–Crippen LogP) is 1.15. The molecule has 12 heavy (non-hydrogen) atoms. The maximum atomic E-state index is 10.5. The van der Waals surface area contributed by atoms with E-state index in [9.17, 15) is 10.1 Å². The van der Waals surface area contributed by atoms with Crippen molar-refractivity contribution in [3.63, 3.8) is 0 Å². The molecule has 0 saturated carbocycles. The van der Waals surface area contributed by atoms with Gasteiger partial charge in [-0.15, -0.1) is 0 Å². The highest BCUT2D eigenvalue weighted by atomic mass is 16.6. The topological polar surface area (TPSA) is 66.6 Å². The lowest BCUT2D eigenvalue weighted by atomic mass is 10.1. The fraction of sp³-hybridized carbons (Fsp3) is 0.429. The van der Waals surface area contributed by atoms with E-state index in [0.29, 0.717) is 11.1 Å². The van der Waals surface area contributed by atoms with Crippen LogP contribution in [0.1, 0.15) is 13.8 Å². The zero-order valence-corrected chi connectivity index (χ0v) is 6.94. The molecule has 0 saturated heterocycles. The molecule has 66 valence electrons. The molecule has 0 bridgehead atoms. The first-order chi connectivity index (χ1) is 5.52. The second kappa shape index (κ2) is 2.94. The van der Waals surface area contributed by atoms with Gasteiger partial charge in [0.2, 0.25) is 0 Å². The fourth-order valence-corrected chi connectivity index (χ4v) is 1.28. The van der Waals surface area contributed by atoms with E-state index in [-0.39, 0.29) is 12.2 Å². The van der Waals surface area contributed by atoms with Crippen LogP contribution in [0.2, 0.25) is 0 Å². The zero-order chi connectivity index (χ0) is 9.30. The monoisotopic (exact) mass is 170 g/mol. The Hall–Kier alpha value is -1.36. The van der Waals surface area contributed by atoms with Crippen molar-refractivity contribution in [2.24, 2.45) is 0 Å². The normalized spacial score (nSPS) is 17.9. The van der Waals surface area contributed by atoms with Crippen LogP contribution in [0.5, 0.6) is 0 Å². The van der Waals surface area contributed by atoms with Gasteiger partial charge in [-0.3, -0.25) is 20.4 Å². The average molecular weight is 170 g/mol. The van der Waals surface area contributed by atoms with Crippen molar-refractivity contribution in [3.8, 4) is 0 Å². The summed E-state index contributed by atoms with van der Waals surface area (Å²) in [4.78, 5) is 10.1. The van der Waals surface area contributed by atoms with Crippen molar-refractivity contribution in [1.82, 2.24) is 5.06 Å². The van der Waals surface area contributed by atoms with Crippen molar-refractivity contribution in [2.45, 2.75) is 13.8 Å². The summed E-state index contributed by atoms with van der Waals surface area (Å²) in [6.45, 7) is 3.44. The molecular weight excluding hydrogens is 160 g/mol. The first-order valence-corrected chi connectivity index (χ1v) is 3.51. The van der Waals surface area contributed by atoms with Gasteiger partial charge in [-0.2, -0.15) is 0 Å². The first-order valence-electron chi connectivity index (χ1n) is 3.51. The van der Waals surface area contributed by atoms with Crippen molar-refractivity contribution in [3.05, 3.63) is 33.2 Å². The number of rotatable bonds is 1. The van der Waals surface area contributed by atoms with Gasteiger partial charge in [-0.05, 0) is 13.8 Å². The summed E-state index contributed by atoms with van der Waals surface area (Å²) in [6.07, 6.45) is 1.35. The van der Waals surface area contributed by atoms with Crippen LogP contribution in [-0.2, 0) is 0 Å². The van der Waals surface area contributed by atoms with Crippen LogP contribution in [0.25, 0.3) is 0 Å². The molecule has 0 aromatic rings.